The van der Waals surface area contributed by atoms with Gasteiger partial charge in [0.15, 0.2) is 0 Å². The monoisotopic (exact) mass is 395 g/mol. The summed E-state index contributed by atoms with van der Waals surface area (Å²) in [6, 6.07) is 12.7. The fourth-order valence-electron chi connectivity index (χ4n) is 3.94. The third kappa shape index (κ3) is 3.60. The molecule has 2 aliphatic rings. The minimum Gasteiger partial charge on any atom is -0.488 e. The summed E-state index contributed by atoms with van der Waals surface area (Å²) in [4.78, 5) is 5.68. The molecule has 0 amide bonds. The van der Waals surface area contributed by atoms with E-state index >= 15 is 0 Å². The van der Waals surface area contributed by atoms with Crippen LogP contribution in [0.4, 0.5) is 5.69 Å². The van der Waals surface area contributed by atoms with Crippen LogP contribution in [0.2, 0.25) is 0 Å². The second-order valence-corrected chi connectivity index (χ2v) is 8.68. The number of aromatic nitrogens is 1. The second-order valence-electron chi connectivity index (χ2n) is 7.82. The van der Waals surface area contributed by atoms with Crippen LogP contribution < -0.4 is 15.4 Å². The Bertz CT molecular complexity index is 966. The Hall–Kier alpha value is -2.15. The summed E-state index contributed by atoms with van der Waals surface area (Å²) in [7, 11) is 0. The fraction of sp³-hybridized carbons (Fsp3) is 0.409. The number of fused-ring (bicyclic) bond motifs is 1. The van der Waals surface area contributed by atoms with Crippen LogP contribution in [-0.2, 0) is 11.2 Å². The van der Waals surface area contributed by atoms with Crippen LogP contribution in [0.15, 0.2) is 41.8 Å². The number of pyridine rings is 1. The standard InChI is InChI=1S/C22H25N3O2S/c1-15-2-7-19-20(12-28-21(19)25-15)24-9-8-16-3-5-17(6-4-16)27-18-10-22(26-11-18)13-23-14-22/h2-7,12,18,23-24H,8-11,13-14H2,1H3/t18-/m1/s1. The SMILES string of the molecule is Cc1ccc2c(NCCc3ccc(O[C@H]4COC5(CNC5)C4)cc3)csc2n1. The van der Waals surface area contributed by atoms with Crippen LogP contribution in [0.1, 0.15) is 17.7 Å². The molecule has 4 heterocycles. The number of nitrogens with one attached hydrogen (secondary N) is 2. The molecule has 1 atom stereocenters. The van der Waals surface area contributed by atoms with E-state index in [-0.39, 0.29) is 11.7 Å². The summed E-state index contributed by atoms with van der Waals surface area (Å²) in [6.07, 6.45) is 2.12. The molecular weight excluding hydrogens is 370 g/mol. The smallest absolute Gasteiger partial charge is 0.125 e. The third-order valence-corrected chi connectivity index (χ3v) is 6.49. The first-order valence-electron chi connectivity index (χ1n) is 9.88. The maximum absolute atomic E-state index is 6.11. The zero-order chi connectivity index (χ0) is 19.0. The molecule has 146 valence electrons. The number of benzene rings is 1. The number of hydrogen-bond acceptors (Lipinski definition) is 6. The lowest BCUT2D eigenvalue weighted by molar-refractivity contribution is -0.0368. The summed E-state index contributed by atoms with van der Waals surface area (Å²) >= 11 is 1.69. The van der Waals surface area contributed by atoms with Gasteiger partial charge in [-0.2, -0.15) is 0 Å². The minimum atomic E-state index is 0.0380. The molecule has 1 spiro atoms. The molecule has 0 saturated carbocycles. The van der Waals surface area contributed by atoms with Gasteiger partial charge in [-0.1, -0.05) is 12.1 Å². The van der Waals surface area contributed by atoms with E-state index in [9.17, 15) is 0 Å². The van der Waals surface area contributed by atoms with E-state index in [1.807, 2.05) is 6.92 Å². The maximum Gasteiger partial charge on any atom is 0.125 e. The molecule has 2 fully saturated rings. The third-order valence-electron chi connectivity index (χ3n) is 5.60. The van der Waals surface area contributed by atoms with Gasteiger partial charge in [0.25, 0.3) is 0 Å². The first-order chi connectivity index (χ1) is 13.7. The van der Waals surface area contributed by atoms with Crippen LogP contribution >= 0.6 is 11.3 Å². The molecule has 5 nitrogen and oxygen atoms in total. The van der Waals surface area contributed by atoms with Crippen molar-refractivity contribution in [2.24, 2.45) is 0 Å². The molecule has 28 heavy (non-hydrogen) atoms. The van der Waals surface area contributed by atoms with Crippen molar-refractivity contribution in [3.63, 3.8) is 0 Å². The van der Waals surface area contributed by atoms with Crippen molar-refractivity contribution in [1.82, 2.24) is 10.3 Å². The molecule has 0 unspecified atom stereocenters. The second kappa shape index (κ2) is 7.35. The Morgan fingerprint density at radius 1 is 1.25 bits per heavy atom. The van der Waals surface area contributed by atoms with Gasteiger partial charge >= 0.3 is 0 Å². The number of ether oxygens (including phenoxy) is 2. The van der Waals surface area contributed by atoms with Crippen molar-refractivity contribution >= 4 is 27.2 Å². The summed E-state index contributed by atoms with van der Waals surface area (Å²) < 4.78 is 12.0. The van der Waals surface area contributed by atoms with E-state index in [0.29, 0.717) is 6.61 Å². The van der Waals surface area contributed by atoms with Crippen molar-refractivity contribution in [1.29, 1.82) is 0 Å². The highest BCUT2D eigenvalue weighted by Crippen LogP contribution is 2.32. The molecule has 5 rings (SSSR count). The number of aryl methyl sites for hydroxylation is 1. The van der Waals surface area contributed by atoms with Gasteiger partial charge in [-0.05, 0) is 43.2 Å². The molecule has 2 aromatic heterocycles. The Balaban J connectivity index is 1.13. The Labute approximate surface area is 169 Å². The number of thiophene rings is 1. The molecule has 2 saturated heterocycles. The molecule has 0 aliphatic carbocycles. The predicted octanol–water partition coefficient (Wildman–Crippen LogP) is 3.77. The summed E-state index contributed by atoms with van der Waals surface area (Å²) in [5.74, 6) is 0.930. The van der Waals surface area contributed by atoms with E-state index in [1.54, 1.807) is 11.3 Å². The summed E-state index contributed by atoms with van der Waals surface area (Å²) in [6.45, 7) is 5.52. The van der Waals surface area contributed by atoms with Gasteiger partial charge in [-0.3, -0.25) is 0 Å². The average Bonchev–Trinajstić information content (AvgIpc) is 3.27. The van der Waals surface area contributed by atoms with Crippen LogP contribution in [0, 0.1) is 6.92 Å². The number of anilines is 1. The average molecular weight is 396 g/mol. The van der Waals surface area contributed by atoms with Crippen molar-refractivity contribution in [2.75, 3.05) is 31.6 Å². The van der Waals surface area contributed by atoms with Crippen molar-refractivity contribution in [3.8, 4) is 5.75 Å². The highest BCUT2D eigenvalue weighted by molar-refractivity contribution is 7.17. The molecule has 0 bridgehead atoms. The lowest BCUT2D eigenvalue weighted by Crippen LogP contribution is -2.59. The van der Waals surface area contributed by atoms with E-state index in [2.05, 4.69) is 57.4 Å². The van der Waals surface area contributed by atoms with Gasteiger partial charge in [0.1, 0.15) is 16.7 Å². The van der Waals surface area contributed by atoms with Crippen LogP contribution in [0.3, 0.4) is 0 Å². The molecular formula is C22H25N3O2S. The number of nitrogens with zero attached hydrogens (tertiary/aromatic N) is 1. The van der Waals surface area contributed by atoms with Gasteiger partial charge in [-0.15, -0.1) is 11.3 Å². The van der Waals surface area contributed by atoms with Gasteiger partial charge < -0.3 is 20.1 Å². The first kappa shape index (κ1) is 17.9. The molecule has 2 aliphatic heterocycles. The maximum atomic E-state index is 6.11. The lowest BCUT2D eigenvalue weighted by Gasteiger charge is -2.37. The van der Waals surface area contributed by atoms with E-state index in [4.69, 9.17) is 9.47 Å². The summed E-state index contributed by atoms with van der Waals surface area (Å²) in [5.41, 5.74) is 3.58. The summed E-state index contributed by atoms with van der Waals surface area (Å²) in [5, 5.41) is 10.2. The molecule has 1 aromatic carbocycles. The normalized spacial score (nSPS) is 20.4. The molecule has 6 heteroatoms. The molecule has 3 aromatic rings. The Morgan fingerprint density at radius 3 is 2.86 bits per heavy atom. The van der Waals surface area contributed by atoms with Gasteiger partial charge in [0.05, 0.1) is 17.9 Å². The molecule has 0 radical (unpaired) electrons. The lowest BCUT2D eigenvalue weighted by atomic mass is 9.93. The van der Waals surface area contributed by atoms with Crippen molar-refractivity contribution < 1.29 is 9.47 Å². The van der Waals surface area contributed by atoms with Crippen LogP contribution in [-0.4, -0.2) is 42.9 Å². The van der Waals surface area contributed by atoms with Crippen LogP contribution in [0.25, 0.3) is 10.2 Å². The van der Waals surface area contributed by atoms with Gasteiger partial charge in [0, 0.05) is 42.5 Å². The zero-order valence-electron chi connectivity index (χ0n) is 16.0. The molecule has 2 N–H and O–H groups in total. The van der Waals surface area contributed by atoms with Crippen molar-refractivity contribution in [2.45, 2.75) is 31.5 Å². The fourth-order valence-corrected chi connectivity index (χ4v) is 4.88. The van der Waals surface area contributed by atoms with E-state index in [1.165, 1.54) is 16.6 Å². The highest BCUT2D eigenvalue weighted by atomic mass is 32.1. The van der Waals surface area contributed by atoms with E-state index < -0.39 is 0 Å². The largest absolute Gasteiger partial charge is 0.488 e. The van der Waals surface area contributed by atoms with E-state index in [0.717, 1.165) is 48.7 Å². The quantitative estimate of drug-likeness (QED) is 0.665. The van der Waals surface area contributed by atoms with Crippen molar-refractivity contribution in [3.05, 3.63) is 53.0 Å². The Kier molecular flexibility index (Phi) is 4.70. The number of hydrogen-bond donors (Lipinski definition) is 2. The van der Waals surface area contributed by atoms with Gasteiger partial charge in [0.2, 0.25) is 0 Å². The van der Waals surface area contributed by atoms with Gasteiger partial charge in [-0.25, -0.2) is 4.98 Å². The zero-order valence-corrected chi connectivity index (χ0v) is 16.8. The minimum absolute atomic E-state index is 0.0380. The highest BCUT2D eigenvalue weighted by Gasteiger charge is 2.46. The Morgan fingerprint density at radius 2 is 2.11 bits per heavy atom. The first-order valence-corrected chi connectivity index (χ1v) is 10.8. The predicted molar refractivity (Wildman–Crippen MR) is 114 cm³/mol. The number of rotatable bonds is 6. The van der Waals surface area contributed by atoms with Crippen LogP contribution in [0.5, 0.6) is 5.75 Å². The topological polar surface area (TPSA) is 55.4 Å².